The van der Waals surface area contributed by atoms with Crippen molar-refractivity contribution < 1.29 is 19.1 Å². The van der Waals surface area contributed by atoms with Gasteiger partial charge in [-0.15, -0.1) is 0 Å². The Bertz CT molecular complexity index is 811. The van der Waals surface area contributed by atoms with Crippen LogP contribution in [0, 0.1) is 0 Å². The number of hydrogen-bond acceptors (Lipinski definition) is 4. The smallest absolute Gasteiger partial charge is 0.271 e. The van der Waals surface area contributed by atoms with Gasteiger partial charge in [-0.05, 0) is 24.3 Å². The maximum absolute atomic E-state index is 12.2. The first-order valence-electron chi connectivity index (χ1n) is 7.00. The third-order valence-electron chi connectivity index (χ3n) is 3.27. The molecule has 124 valence electrons. The third-order valence-corrected chi connectivity index (χ3v) is 3.88. The molecule has 2 aromatic carbocycles. The van der Waals surface area contributed by atoms with Gasteiger partial charge in [-0.3, -0.25) is 20.4 Å². The number of carbonyl (C=O) groups is 2. The fraction of sp³-hybridized carbons (Fsp3) is 0.125. The first-order valence-corrected chi connectivity index (χ1v) is 7.76. The monoisotopic (exact) mass is 366 g/mol. The summed E-state index contributed by atoms with van der Waals surface area (Å²) in [6, 6.07) is 9.44. The van der Waals surface area contributed by atoms with Gasteiger partial charge in [-0.2, -0.15) is 0 Å². The van der Waals surface area contributed by atoms with Gasteiger partial charge >= 0.3 is 0 Å². The number of carbonyl (C=O) groups excluding carboxylic acids is 2. The van der Waals surface area contributed by atoms with Gasteiger partial charge in [0.25, 0.3) is 11.8 Å². The van der Waals surface area contributed by atoms with Crippen LogP contribution in [0.2, 0.25) is 10.0 Å². The Morgan fingerprint density at radius 2 is 1.62 bits per heavy atom. The molecule has 1 heterocycles. The second-order valence-corrected chi connectivity index (χ2v) is 5.68. The standard InChI is InChI=1S/C16H12Cl2N2O4/c17-11-4-2-1-3-10(11)16(22)20-19-15(21)9-7-12(18)14-13(8-9)23-5-6-24-14/h1-4,7-8H,5-6H2,(H,19,21)(H,20,22). The van der Waals surface area contributed by atoms with E-state index < -0.39 is 11.8 Å². The Morgan fingerprint density at radius 1 is 0.917 bits per heavy atom. The summed E-state index contributed by atoms with van der Waals surface area (Å²) in [6.45, 7) is 0.768. The molecule has 0 atom stereocenters. The van der Waals surface area contributed by atoms with Gasteiger partial charge in [0.15, 0.2) is 11.5 Å². The molecule has 0 saturated carbocycles. The van der Waals surface area contributed by atoms with Crippen molar-refractivity contribution in [2.45, 2.75) is 0 Å². The van der Waals surface area contributed by atoms with Crippen molar-refractivity contribution in [3.05, 3.63) is 57.6 Å². The molecule has 0 aromatic heterocycles. The first-order chi connectivity index (χ1) is 11.6. The second-order valence-electron chi connectivity index (χ2n) is 4.87. The average Bonchev–Trinajstić information content (AvgIpc) is 2.59. The lowest BCUT2D eigenvalue weighted by atomic mass is 10.2. The Hall–Kier alpha value is -2.44. The van der Waals surface area contributed by atoms with Crippen molar-refractivity contribution in [2.24, 2.45) is 0 Å². The number of fused-ring (bicyclic) bond motifs is 1. The van der Waals surface area contributed by atoms with Gasteiger partial charge in [0.1, 0.15) is 13.2 Å². The minimum atomic E-state index is -0.547. The van der Waals surface area contributed by atoms with E-state index in [-0.39, 0.29) is 21.2 Å². The van der Waals surface area contributed by atoms with Crippen molar-refractivity contribution in [3.8, 4) is 11.5 Å². The van der Waals surface area contributed by atoms with Crippen LogP contribution in [0.3, 0.4) is 0 Å². The lowest BCUT2D eigenvalue weighted by Gasteiger charge is -2.20. The third kappa shape index (κ3) is 3.39. The number of hydrazine groups is 1. The maximum atomic E-state index is 12.2. The van der Waals surface area contributed by atoms with E-state index in [2.05, 4.69) is 10.9 Å². The summed E-state index contributed by atoms with van der Waals surface area (Å²) in [5.41, 5.74) is 5.08. The molecule has 0 unspecified atom stereocenters. The molecule has 8 heteroatoms. The molecular weight excluding hydrogens is 355 g/mol. The molecule has 3 rings (SSSR count). The number of benzene rings is 2. The zero-order valence-corrected chi connectivity index (χ0v) is 13.8. The predicted molar refractivity (Wildman–Crippen MR) is 88.8 cm³/mol. The predicted octanol–water partition coefficient (Wildman–Crippen LogP) is 2.84. The highest BCUT2D eigenvalue weighted by molar-refractivity contribution is 6.34. The van der Waals surface area contributed by atoms with Crippen LogP contribution in [0.4, 0.5) is 0 Å². The SMILES string of the molecule is O=C(NNC(=O)c1ccccc1Cl)c1cc(Cl)c2c(c1)OCCO2. The molecular formula is C16H12Cl2N2O4. The molecule has 0 spiro atoms. The minimum absolute atomic E-state index is 0.226. The van der Waals surface area contributed by atoms with Crippen molar-refractivity contribution in [1.82, 2.24) is 10.9 Å². The van der Waals surface area contributed by atoms with Crippen molar-refractivity contribution in [2.75, 3.05) is 13.2 Å². The normalized spacial score (nSPS) is 12.4. The van der Waals surface area contributed by atoms with E-state index in [4.69, 9.17) is 32.7 Å². The van der Waals surface area contributed by atoms with Crippen LogP contribution in [0.15, 0.2) is 36.4 Å². The summed E-state index contributed by atoms with van der Waals surface area (Å²) in [7, 11) is 0. The van der Waals surface area contributed by atoms with Crippen molar-refractivity contribution in [1.29, 1.82) is 0 Å². The number of rotatable bonds is 2. The van der Waals surface area contributed by atoms with Crippen LogP contribution in [0.1, 0.15) is 20.7 Å². The van der Waals surface area contributed by atoms with Gasteiger partial charge in [-0.25, -0.2) is 0 Å². The highest BCUT2D eigenvalue weighted by Crippen LogP contribution is 2.38. The highest BCUT2D eigenvalue weighted by atomic mass is 35.5. The molecule has 1 aliphatic heterocycles. The molecule has 1 aliphatic rings. The number of nitrogens with one attached hydrogen (secondary N) is 2. The lowest BCUT2D eigenvalue weighted by molar-refractivity contribution is 0.0846. The molecule has 6 nitrogen and oxygen atoms in total. The minimum Gasteiger partial charge on any atom is -0.486 e. The maximum Gasteiger partial charge on any atom is 0.271 e. The van der Waals surface area contributed by atoms with Crippen LogP contribution in [-0.2, 0) is 0 Å². The second kappa shape index (κ2) is 6.98. The number of ether oxygens (including phenoxy) is 2. The number of halogens is 2. The van der Waals surface area contributed by atoms with Crippen LogP contribution < -0.4 is 20.3 Å². The fourth-order valence-corrected chi connectivity index (χ4v) is 2.63. The fourth-order valence-electron chi connectivity index (χ4n) is 2.14. The molecule has 2 aromatic rings. The topological polar surface area (TPSA) is 76.7 Å². The van der Waals surface area contributed by atoms with Crippen LogP contribution in [0.25, 0.3) is 0 Å². The quantitative estimate of drug-likeness (QED) is 0.801. The molecule has 0 radical (unpaired) electrons. The summed E-state index contributed by atoms with van der Waals surface area (Å²) >= 11 is 12.0. The van der Waals surface area contributed by atoms with Crippen LogP contribution in [-0.4, -0.2) is 25.0 Å². The van der Waals surface area contributed by atoms with Crippen molar-refractivity contribution in [3.63, 3.8) is 0 Å². The molecule has 24 heavy (non-hydrogen) atoms. The molecule has 0 bridgehead atoms. The number of amides is 2. The van der Waals surface area contributed by atoms with Gasteiger partial charge < -0.3 is 9.47 Å². The molecule has 0 aliphatic carbocycles. The molecule has 2 amide bonds. The average molecular weight is 367 g/mol. The Morgan fingerprint density at radius 3 is 2.42 bits per heavy atom. The molecule has 0 fully saturated rings. The van der Waals surface area contributed by atoms with E-state index in [1.165, 1.54) is 12.1 Å². The summed E-state index contributed by atoms with van der Waals surface area (Å²) in [4.78, 5) is 24.2. The summed E-state index contributed by atoms with van der Waals surface area (Å²) in [5, 5.41) is 0.543. The first kappa shape index (κ1) is 16.4. The van der Waals surface area contributed by atoms with E-state index >= 15 is 0 Å². The summed E-state index contributed by atoms with van der Waals surface area (Å²) in [5.74, 6) is -0.289. The molecule has 0 saturated heterocycles. The van der Waals surface area contributed by atoms with Gasteiger partial charge in [-0.1, -0.05) is 35.3 Å². The van der Waals surface area contributed by atoms with Crippen molar-refractivity contribution >= 4 is 35.0 Å². The summed E-state index contributed by atoms with van der Waals surface area (Å²) < 4.78 is 10.8. The van der Waals surface area contributed by atoms with E-state index in [1.807, 2.05) is 0 Å². The van der Waals surface area contributed by atoms with E-state index in [0.717, 1.165) is 0 Å². The van der Waals surface area contributed by atoms with E-state index in [1.54, 1.807) is 24.3 Å². The Balaban J connectivity index is 1.70. The Labute approximate surface area is 147 Å². The van der Waals surface area contributed by atoms with E-state index in [0.29, 0.717) is 24.7 Å². The largest absolute Gasteiger partial charge is 0.486 e. The zero-order valence-electron chi connectivity index (χ0n) is 12.3. The van der Waals surface area contributed by atoms with Gasteiger partial charge in [0, 0.05) is 5.56 Å². The van der Waals surface area contributed by atoms with Crippen LogP contribution >= 0.6 is 23.2 Å². The highest BCUT2D eigenvalue weighted by Gasteiger charge is 2.19. The lowest BCUT2D eigenvalue weighted by Crippen LogP contribution is -2.41. The van der Waals surface area contributed by atoms with E-state index in [9.17, 15) is 9.59 Å². The van der Waals surface area contributed by atoms with Gasteiger partial charge in [0.05, 0.1) is 15.6 Å². The van der Waals surface area contributed by atoms with Gasteiger partial charge in [0.2, 0.25) is 0 Å². The zero-order chi connectivity index (χ0) is 17.1. The Kier molecular flexibility index (Phi) is 4.78. The summed E-state index contributed by atoms with van der Waals surface area (Å²) in [6.07, 6.45) is 0. The van der Waals surface area contributed by atoms with Crippen LogP contribution in [0.5, 0.6) is 11.5 Å². The number of hydrogen-bond donors (Lipinski definition) is 2. The molecule has 2 N–H and O–H groups in total.